The molecule has 1 aliphatic rings. The van der Waals surface area contributed by atoms with Gasteiger partial charge in [-0.3, -0.25) is 4.90 Å². The van der Waals surface area contributed by atoms with E-state index in [1.54, 1.807) is 0 Å². The molecule has 0 amide bonds. The number of hydrogen-bond acceptors (Lipinski definition) is 3. The fourth-order valence-electron chi connectivity index (χ4n) is 2.21. The van der Waals surface area contributed by atoms with Crippen LogP contribution in [0, 0.1) is 0 Å². The van der Waals surface area contributed by atoms with Gasteiger partial charge in [0.1, 0.15) is 0 Å². The third-order valence-corrected chi connectivity index (χ3v) is 2.96. The molecule has 2 atom stereocenters. The summed E-state index contributed by atoms with van der Waals surface area (Å²) < 4.78 is 0. The van der Waals surface area contributed by atoms with Crippen LogP contribution in [0.3, 0.4) is 0 Å². The molecule has 100 valence electrons. The third-order valence-electron chi connectivity index (χ3n) is 2.96. The Morgan fingerprint density at radius 2 is 1.75 bits per heavy atom. The van der Waals surface area contributed by atoms with E-state index in [4.69, 9.17) is 0 Å². The van der Waals surface area contributed by atoms with E-state index >= 15 is 0 Å². The van der Waals surface area contributed by atoms with Crippen molar-refractivity contribution in [1.82, 2.24) is 10.2 Å². The molecule has 1 unspecified atom stereocenters. The zero-order valence-corrected chi connectivity index (χ0v) is 11.3. The molecule has 16 heavy (non-hydrogen) atoms. The van der Waals surface area contributed by atoms with Crippen LogP contribution in [0.15, 0.2) is 0 Å². The van der Waals surface area contributed by atoms with Crippen LogP contribution in [0.5, 0.6) is 0 Å². The lowest BCUT2D eigenvalue weighted by atomic mass is 10.1. The minimum absolute atomic E-state index is 0. The molecule has 3 nitrogen and oxygen atoms in total. The van der Waals surface area contributed by atoms with E-state index in [0.29, 0.717) is 18.1 Å². The van der Waals surface area contributed by atoms with Crippen LogP contribution in [0.25, 0.3) is 0 Å². The molecule has 1 rings (SSSR count). The smallest absolute Gasteiger partial charge is 0.0680 e. The Kier molecular flexibility index (Phi) is 9.69. The van der Waals surface area contributed by atoms with Crippen LogP contribution in [0.1, 0.15) is 41.5 Å². The first-order valence-electron chi connectivity index (χ1n) is 5.68. The Morgan fingerprint density at radius 3 is 2.06 bits per heavy atom. The normalized spacial score (nSPS) is 24.8. The number of nitrogens with zero attached hydrogens (tertiary/aromatic N) is 1. The average Bonchev–Trinajstić information content (AvgIpc) is 2.46. The Morgan fingerprint density at radius 1 is 1.25 bits per heavy atom. The second-order valence-corrected chi connectivity index (χ2v) is 4.88. The molecule has 0 radical (unpaired) electrons. The van der Waals surface area contributed by atoms with Gasteiger partial charge in [0.15, 0.2) is 0 Å². The van der Waals surface area contributed by atoms with E-state index in [0.717, 1.165) is 19.5 Å². The summed E-state index contributed by atoms with van der Waals surface area (Å²) in [6.45, 7) is 10.7. The lowest BCUT2D eigenvalue weighted by molar-refractivity contribution is 0.151. The highest BCUT2D eigenvalue weighted by atomic mass is 32.1. The molecule has 2 N–H and O–H groups in total. The molecule has 0 aromatic rings. The Labute approximate surface area is 108 Å². The molecule has 0 aromatic carbocycles. The van der Waals surface area contributed by atoms with Gasteiger partial charge in [-0.25, -0.2) is 0 Å². The zero-order chi connectivity index (χ0) is 10.7. The van der Waals surface area contributed by atoms with Gasteiger partial charge in [0, 0.05) is 31.2 Å². The van der Waals surface area contributed by atoms with Crippen LogP contribution < -0.4 is 5.32 Å². The maximum atomic E-state index is 9.41. The van der Waals surface area contributed by atoms with Gasteiger partial charge in [0.25, 0.3) is 0 Å². The fraction of sp³-hybridized carbons (Fsp3) is 1.00. The van der Waals surface area contributed by atoms with Crippen molar-refractivity contribution in [3.05, 3.63) is 0 Å². The average molecular weight is 250 g/mol. The number of nitrogens with one attached hydrogen (secondary N) is 1. The first-order chi connectivity index (χ1) is 6.50. The van der Waals surface area contributed by atoms with E-state index in [2.05, 4.69) is 37.9 Å². The van der Waals surface area contributed by atoms with Crippen molar-refractivity contribution < 1.29 is 5.11 Å². The molecular formula is C12H30N2OS. The third kappa shape index (κ3) is 5.53. The summed E-state index contributed by atoms with van der Waals surface area (Å²) in [5.41, 5.74) is 0. The molecule has 1 heterocycles. The van der Waals surface area contributed by atoms with Crippen molar-refractivity contribution in [3.8, 4) is 0 Å². The standard InChI is InChI=1S/C11H24N2O.CH4.H2S/c1-8(2)13(9(3)4)7-10-5-11(14)6-12-10;;/h8-12,14H,5-7H2,1-4H3;1H4;1H2/t10?,11-;;/m1../s1. The van der Waals surface area contributed by atoms with Gasteiger partial charge in [-0.1, -0.05) is 7.43 Å². The monoisotopic (exact) mass is 250 g/mol. The maximum absolute atomic E-state index is 9.41. The quantitative estimate of drug-likeness (QED) is 0.795. The van der Waals surface area contributed by atoms with Crippen molar-refractivity contribution in [2.45, 2.75) is 65.8 Å². The van der Waals surface area contributed by atoms with Crippen LogP contribution in [0.2, 0.25) is 0 Å². The molecule has 0 spiro atoms. The van der Waals surface area contributed by atoms with Crippen LogP contribution >= 0.6 is 13.5 Å². The second-order valence-electron chi connectivity index (χ2n) is 4.88. The second kappa shape index (κ2) is 8.34. The van der Waals surface area contributed by atoms with E-state index in [9.17, 15) is 5.11 Å². The zero-order valence-electron chi connectivity index (χ0n) is 10.3. The van der Waals surface area contributed by atoms with Crippen molar-refractivity contribution in [3.63, 3.8) is 0 Å². The van der Waals surface area contributed by atoms with Gasteiger partial charge in [-0.15, -0.1) is 0 Å². The molecular weight excluding hydrogens is 220 g/mol. The SMILES string of the molecule is C.CC(C)N(CC1C[C@@H](O)CN1)C(C)C.S. The Bertz CT molecular complexity index is 168. The topological polar surface area (TPSA) is 35.5 Å². The van der Waals surface area contributed by atoms with Crippen molar-refractivity contribution in [2.75, 3.05) is 13.1 Å². The highest BCUT2D eigenvalue weighted by molar-refractivity contribution is 7.59. The first kappa shape index (κ1) is 18.6. The maximum Gasteiger partial charge on any atom is 0.0680 e. The van der Waals surface area contributed by atoms with Gasteiger partial charge in [-0.05, 0) is 34.1 Å². The van der Waals surface area contributed by atoms with Gasteiger partial charge in [-0.2, -0.15) is 13.5 Å². The van der Waals surface area contributed by atoms with Crippen molar-refractivity contribution in [2.24, 2.45) is 0 Å². The minimum Gasteiger partial charge on any atom is -0.392 e. The highest BCUT2D eigenvalue weighted by Gasteiger charge is 2.25. The predicted octanol–water partition coefficient (Wildman–Crippen LogP) is 1.58. The molecule has 0 bridgehead atoms. The molecule has 1 fully saturated rings. The van der Waals surface area contributed by atoms with Gasteiger partial charge >= 0.3 is 0 Å². The number of aliphatic hydroxyl groups excluding tert-OH is 1. The Balaban J connectivity index is 0. The summed E-state index contributed by atoms with van der Waals surface area (Å²) in [7, 11) is 0. The van der Waals surface area contributed by atoms with Crippen molar-refractivity contribution in [1.29, 1.82) is 0 Å². The van der Waals surface area contributed by atoms with Crippen LogP contribution in [-0.2, 0) is 0 Å². The molecule has 0 saturated carbocycles. The van der Waals surface area contributed by atoms with E-state index in [-0.39, 0.29) is 27.0 Å². The van der Waals surface area contributed by atoms with Crippen LogP contribution in [0.4, 0.5) is 0 Å². The molecule has 0 aromatic heterocycles. The van der Waals surface area contributed by atoms with E-state index < -0.39 is 0 Å². The summed E-state index contributed by atoms with van der Waals surface area (Å²) in [4.78, 5) is 2.47. The van der Waals surface area contributed by atoms with E-state index in [1.807, 2.05) is 0 Å². The summed E-state index contributed by atoms with van der Waals surface area (Å²) in [5, 5.41) is 12.8. The van der Waals surface area contributed by atoms with E-state index in [1.165, 1.54) is 0 Å². The Hall–Kier alpha value is 0.230. The molecule has 0 aliphatic carbocycles. The number of rotatable bonds is 4. The molecule has 1 aliphatic heterocycles. The first-order valence-corrected chi connectivity index (χ1v) is 5.68. The highest BCUT2D eigenvalue weighted by Crippen LogP contribution is 2.12. The van der Waals surface area contributed by atoms with Gasteiger partial charge in [0.2, 0.25) is 0 Å². The summed E-state index contributed by atoms with van der Waals surface area (Å²) >= 11 is 0. The van der Waals surface area contributed by atoms with Crippen molar-refractivity contribution >= 4 is 13.5 Å². The van der Waals surface area contributed by atoms with Gasteiger partial charge < -0.3 is 10.4 Å². The summed E-state index contributed by atoms with van der Waals surface area (Å²) in [5.74, 6) is 0. The molecule has 4 heteroatoms. The predicted molar refractivity (Wildman–Crippen MR) is 76.5 cm³/mol. The number of β-amino-alcohol motifs (C(OH)–C–C–N with tert-alkyl or cyclic N) is 1. The largest absolute Gasteiger partial charge is 0.392 e. The fourth-order valence-corrected chi connectivity index (χ4v) is 2.21. The lowest BCUT2D eigenvalue weighted by Gasteiger charge is -2.32. The van der Waals surface area contributed by atoms with Crippen LogP contribution in [-0.4, -0.2) is 47.3 Å². The summed E-state index contributed by atoms with van der Waals surface area (Å²) in [6, 6.07) is 1.62. The summed E-state index contributed by atoms with van der Waals surface area (Å²) in [6.07, 6.45) is 0.761. The minimum atomic E-state index is -0.138. The number of hydrogen-bond donors (Lipinski definition) is 2. The molecule has 1 saturated heterocycles. The van der Waals surface area contributed by atoms with Gasteiger partial charge in [0.05, 0.1) is 6.10 Å². The lowest BCUT2D eigenvalue weighted by Crippen LogP contribution is -2.44. The number of aliphatic hydroxyl groups is 1.